The van der Waals surface area contributed by atoms with Gasteiger partial charge >= 0.3 is 5.97 Å². The Morgan fingerprint density at radius 3 is 2.90 bits per heavy atom. The number of carbonyl (C=O) groups excluding carboxylic acids is 1. The molecule has 0 saturated heterocycles. The number of aryl methyl sites for hydroxylation is 2. The van der Waals surface area contributed by atoms with Gasteiger partial charge in [-0.15, -0.1) is 0 Å². The van der Waals surface area contributed by atoms with Crippen molar-refractivity contribution in [2.75, 3.05) is 0 Å². The Bertz CT molecular complexity index is 712. The number of carbonyl (C=O) groups is 2. The number of carboxylic acid groups (broad SMARTS) is 1. The molecule has 0 bridgehead atoms. The number of hydrogen-bond acceptors (Lipinski definition) is 2. The molecule has 4 nitrogen and oxygen atoms in total. The third-order valence-electron chi connectivity index (χ3n) is 3.98. The van der Waals surface area contributed by atoms with E-state index in [1.54, 1.807) is 4.57 Å². The molecule has 0 saturated carbocycles. The molecule has 3 rings (SSSR count). The van der Waals surface area contributed by atoms with E-state index < -0.39 is 5.97 Å². The summed E-state index contributed by atoms with van der Waals surface area (Å²) in [6, 6.07) is 6.03. The summed E-state index contributed by atoms with van der Waals surface area (Å²) in [5, 5.41) is 9.96. The highest BCUT2D eigenvalue weighted by atomic mass is 16.4. The molecule has 0 atom stereocenters. The van der Waals surface area contributed by atoms with Gasteiger partial charge in [0.05, 0.1) is 5.52 Å². The summed E-state index contributed by atoms with van der Waals surface area (Å²) in [7, 11) is 0. The summed E-state index contributed by atoms with van der Waals surface area (Å²) in [5.74, 6) is -0.672. The molecule has 0 unspecified atom stereocenters. The first kappa shape index (κ1) is 12.9. The van der Waals surface area contributed by atoms with Crippen LogP contribution >= 0.6 is 0 Å². The van der Waals surface area contributed by atoms with Gasteiger partial charge in [-0.1, -0.05) is 11.6 Å². The zero-order valence-electron chi connectivity index (χ0n) is 11.5. The van der Waals surface area contributed by atoms with Crippen LogP contribution in [0.1, 0.15) is 40.9 Å². The Hall–Kier alpha value is -2.10. The first-order valence-electron chi connectivity index (χ1n) is 6.95. The minimum atomic E-state index is -0.798. The molecule has 0 amide bonds. The average Bonchev–Trinajstić information content (AvgIpc) is 2.70. The summed E-state index contributed by atoms with van der Waals surface area (Å²) in [6.07, 6.45) is 2.88. The van der Waals surface area contributed by atoms with Gasteiger partial charge in [-0.3, -0.25) is 14.2 Å². The highest BCUT2D eigenvalue weighted by Gasteiger charge is 2.24. The predicted octanol–water partition coefficient (Wildman–Crippen LogP) is 2.94. The number of hydrogen-bond donors (Lipinski definition) is 1. The molecule has 2 heterocycles. The largest absolute Gasteiger partial charge is 0.481 e. The smallest absolute Gasteiger partial charge is 0.303 e. The third-order valence-corrected chi connectivity index (χ3v) is 3.98. The topological polar surface area (TPSA) is 59.3 Å². The number of carboxylic acids is 1. The van der Waals surface area contributed by atoms with Crippen molar-refractivity contribution in [1.82, 2.24) is 4.57 Å². The lowest BCUT2D eigenvalue weighted by atomic mass is 10.0. The summed E-state index contributed by atoms with van der Waals surface area (Å²) in [4.78, 5) is 23.0. The highest BCUT2D eigenvalue weighted by Crippen LogP contribution is 2.32. The first-order chi connectivity index (χ1) is 9.58. The maximum Gasteiger partial charge on any atom is 0.303 e. The zero-order chi connectivity index (χ0) is 14.3. The van der Waals surface area contributed by atoms with Crippen LogP contribution in [0.15, 0.2) is 18.2 Å². The zero-order valence-corrected chi connectivity index (χ0v) is 11.5. The van der Waals surface area contributed by atoms with Crippen molar-refractivity contribution in [2.24, 2.45) is 0 Å². The highest BCUT2D eigenvalue weighted by molar-refractivity contribution is 5.97. The van der Waals surface area contributed by atoms with E-state index in [0.29, 0.717) is 12.8 Å². The number of rotatable bonds is 3. The second-order valence-electron chi connectivity index (χ2n) is 5.42. The maximum atomic E-state index is 12.2. The lowest BCUT2D eigenvalue weighted by Gasteiger charge is -2.15. The molecule has 1 aromatic carbocycles. The molecule has 0 radical (unpaired) electrons. The number of fused-ring (bicyclic) bond motifs is 3. The summed E-state index contributed by atoms with van der Waals surface area (Å²) in [5.41, 5.74) is 4.11. The van der Waals surface area contributed by atoms with Gasteiger partial charge in [-0.25, -0.2) is 0 Å². The van der Waals surface area contributed by atoms with Gasteiger partial charge in [0.25, 0.3) is 0 Å². The molecule has 20 heavy (non-hydrogen) atoms. The monoisotopic (exact) mass is 271 g/mol. The molecule has 1 aromatic heterocycles. The minimum absolute atomic E-state index is 0.105. The second-order valence-corrected chi connectivity index (χ2v) is 5.42. The molecular weight excluding hydrogens is 254 g/mol. The quantitative estimate of drug-likeness (QED) is 0.933. The lowest BCUT2D eigenvalue weighted by molar-refractivity contribution is -0.136. The SMILES string of the molecule is Cc1ccc2c(c1)c(CCC(=O)O)c1n2C(=O)CCC1. The fraction of sp³-hybridized carbons (Fsp3) is 0.375. The normalized spacial score (nSPS) is 14.6. The van der Waals surface area contributed by atoms with Gasteiger partial charge in [0.2, 0.25) is 5.91 Å². The van der Waals surface area contributed by atoms with Crippen molar-refractivity contribution in [3.8, 4) is 0 Å². The van der Waals surface area contributed by atoms with Crippen molar-refractivity contribution in [2.45, 2.75) is 39.0 Å². The summed E-state index contributed by atoms with van der Waals surface area (Å²) >= 11 is 0. The average molecular weight is 271 g/mol. The Kier molecular flexibility index (Phi) is 3.08. The van der Waals surface area contributed by atoms with Crippen LogP contribution in [0.5, 0.6) is 0 Å². The van der Waals surface area contributed by atoms with Gasteiger partial charge < -0.3 is 5.11 Å². The Labute approximate surface area is 117 Å². The van der Waals surface area contributed by atoms with Crippen molar-refractivity contribution in [3.05, 3.63) is 35.0 Å². The molecule has 0 aliphatic carbocycles. The van der Waals surface area contributed by atoms with Crippen molar-refractivity contribution in [1.29, 1.82) is 0 Å². The molecule has 104 valence electrons. The Morgan fingerprint density at radius 2 is 2.15 bits per heavy atom. The van der Waals surface area contributed by atoms with Gasteiger partial charge in [0.1, 0.15) is 0 Å². The van der Waals surface area contributed by atoms with Crippen molar-refractivity contribution < 1.29 is 14.7 Å². The minimum Gasteiger partial charge on any atom is -0.481 e. The van der Waals surface area contributed by atoms with E-state index in [1.807, 2.05) is 19.1 Å². The fourth-order valence-electron chi connectivity index (χ4n) is 3.10. The Balaban J connectivity index is 2.22. The predicted molar refractivity (Wildman–Crippen MR) is 76.2 cm³/mol. The van der Waals surface area contributed by atoms with Crippen LogP contribution in [0.3, 0.4) is 0 Å². The van der Waals surface area contributed by atoms with Crippen LogP contribution in [0.25, 0.3) is 10.9 Å². The molecular formula is C16H17NO3. The van der Waals surface area contributed by atoms with Crippen LogP contribution in [0.4, 0.5) is 0 Å². The van der Waals surface area contributed by atoms with E-state index in [-0.39, 0.29) is 12.3 Å². The number of aliphatic carboxylic acids is 1. The number of aromatic nitrogens is 1. The van der Waals surface area contributed by atoms with Crippen LogP contribution in [0.2, 0.25) is 0 Å². The van der Waals surface area contributed by atoms with Crippen molar-refractivity contribution >= 4 is 22.8 Å². The third kappa shape index (κ3) is 2.01. The van der Waals surface area contributed by atoms with Crippen LogP contribution < -0.4 is 0 Å². The van der Waals surface area contributed by atoms with Crippen LogP contribution in [0, 0.1) is 6.92 Å². The van der Waals surface area contributed by atoms with E-state index >= 15 is 0 Å². The fourth-order valence-corrected chi connectivity index (χ4v) is 3.10. The number of nitrogens with zero attached hydrogens (tertiary/aromatic N) is 1. The number of benzene rings is 1. The first-order valence-corrected chi connectivity index (χ1v) is 6.95. The molecule has 0 spiro atoms. The van der Waals surface area contributed by atoms with Crippen LogP contribution in [-0.4, -0.2) is 21.6 Å². The van der Waals surface area contributed by atoms with E-state index in [9.17, 15) is 9.59 Å². The van der Waals surface area contributed by atoms with Gasteiger partial charge in [0, 0.05) is 23.9 Å². The lowest BCUT2D eigenvalue weighted by Crippen LogP contribution is -2.19. The van der Waals surface area contributed by atoms with Gasteiger partial charge in [0.15, 0.2) is 0 Å². The van der Waals surface area contributed by atoms with E-state index in [4.69, 9.17) is 5.11 Å². The molecule has 1 aliphatic heterocycles. The molecule has 4 heteroatoms. The van der Waals surface area contributed by atoms with Crippen LogP contribution in [-0.2, 0) is 17.6 Å². The van der Waals surface area contributed by atoms with E-state index in [1.165, 1.54) is 0 Å². The van der Waals surface area contributed by atoms with Crippen molar-refractivity contribution in [3.63, 3.8) is 0 Å². The summed E-state index contributed by atoms with van der Waals surface area (Å²) < 4.78 is 1.80. The van der Waals surface area contributed by atoms with Gasteiger partial charge in [-0.05, 0) is 43.9 Å². The summed E-state index contributed by atoms with van der Waals surface area (Å²) in [6.45, 7) is 2.01. The van der Waals surface area contributed by atoms with E-state index in [0.717, 1.165) is 40.6 Å². The van der Waals surface area contributed by atoms with E-state index in [2.05, 4.69) is 6.07 Å². The molecule has 1 N–H and O–H groups in total. The Morgan fingerprint density at radius 1 is 1.35 bits per heavy atom. The molecule has 0 fully saturated rings. The molecule has 2 aromatic rings. The maximum absolute atomic E-state index is 12.2. The second kappa shape index (κ2) is 4.78. The standard InChI is InChI=1S/C16H17NO3/c1-10-5-7-14-12(9-10)11(6-8-16(19)20)13-3-2-4-15(18)17(13)14/h5,7,9H,2-4,6,8H2,1H3,(H,19,20). The molecule has 1 aliphatic rings. The van der Waals surface area contributed by atoms with Gasteiger partial charge in [-0.2, -0.15) is 0 Å².